The average molecular weight is 142 g/mol. The third-order valence-corrected chi connectivity index (χ3v) is 0.847. The Morgan fingerprint density at radius 3 is 2.80 bits per heavy atom. The van der Waals surface area contributed by atoms with E-state index in [9.17, 15) is 9.59 Å². The summed E-state index contributed by atoms with van der Waals surface area (Å²) >= 11 is 0. The third kappa shape index (κ3) is 1.22. The van der Waals surface area contributed by atoms with Crippen LogP contribution in [0, 0.1) is 0 Å². The Morgan fingerprint density at radius 1 is 1.70 bits per heavy atom. The van der Waals surface area contributed by atoms with Crippen LogP contribution >= 0.6 is 0 Å². The number of aromatic nitrogens is 3. The SMILES string of the molecule is CC(=O)Nc1n[nH][nH]c1=O. The van der Waals surface area contributed by atoms with Crippen LogP contribution in [0.3, 0.4) is 0 Å². The highest BCUT2D eigenvalue weighted by Crippen LogP contribution is 1.85. The monoisotopic (exact) mass is 142 g/mol. The molecule has 0 radical (unpaired) electrons. The molecule has 0 aliphatic heterocycles. The highest BCUT2D eigenvalue weighted by molar-refractivity contribution is 5.87. The molecule has 6 nitrogen and oxygen atoms in total. The molecule has 0 fully saturated rings. The van der Waals surface area contributed by atoms with Crippen molar-refractivity contribution in [1.82, 2.24) is 15.4 Å². The minimum Gasteiger partial charge on any atom is -0.305 e. The predicted octanol–water partition coefficient (Wildman–Crippen LogP) is -0.944. The molecule has 3 N–H and O–H groups in total. The Labute approximate surface area is 55.6 Å². The maximum absolute atomic E-state index is 10.6. The molecule has 1 heterocycles. The summed E-state index contributed by atoms with van der Waals surface area (Å²) in [6, 6.07) is 0. The van der Waals surface area contributed by atoms with Gasteiger partial charge in [-0.05, 0) is 0 Å². The maximum Gasteiger partial charge on any atom is 0.308 e. The summed E-state index contributed by atoms with van der Waals surface area (Å²) in [5.74, 6) is -0.329. The fraction of sp³-hybridized carbons (Fsp3) is 0.250. The van der Waals surface area contributed by atoms with Crippen LogP contribution in [0.2, 0.25) is 0 Å². The van der Waals surface area contributed by atoms with E-state index in [1.54, 1.807) is 0 Å². The summed E-state index contributed by atoms with van der Waals surface area (Å²) in [5, 5.41) is 10.0. The van der Waals surface area contributed by atoms with Gasteiger partial charge >= 0.3 is 5.56 Å². The third-order valence-electron chi connectivity index (χ3n) is 0.847. The molecule has 0 saturated heterocycles. The summed E-state index contributed by atoms with van der Waals surface area (Å²) in [7, 11) is 0. The van der Waals surface area contributed by atoms with Crippen LogP contribution < -0.4 is 10.9 Å². The number of hydrogen-bond donors (Lipinski definition) is 3. The molecule has 0 aliphatic rings. The van der Waals surface area contributed by atoms with Crippen molar-refractivity contribution in [2.75, 3.05) is 5.32 Å². The maximum atomic E-state index is 10.6. The van der Waals surface area contributed by atoms with Crippen molar-refractivity contribution in [1.29, 1.82) is 0 Å². The van der Waals surface area contributed by atoms with Crippen LogP contribution in [0.15, 0.2) is 4.79 Å². The van der Waals surface area contributed by atoms with Crippen molar-refractivity contribution < 1.29 is 4.79 Å². The number of nitrogens with one attached hydrogen (secondary N) is 3. The summed E-state index contributed by atoms with van der Waals surface area (Å²) < 4.78 is 0. The lowest BCUT2D eigenvalue weighted by Gasteiger charge is -1.89. The molecule has 0 unspecified atom stereocenters. The average Bonchev–Trinajstić information content (AvgIpc) is 2.15. The molecule has 0 aromatic carbocycles. The molecule has 1 rings (SSSR count). The van der Waals surface area contributed by atoms with E-state index < -0.39 is 5.56 Å². The minimum absolute atomic E-state index is 0.00694. The van der Waals surface area contributed by atoms with Crippen LogP contribution in [0.1, 0.15) is 6.92 Å². The van der Waals surface area contributed by atoms with Crippen LogP contribution in [-0.4, -0.2) is 21.3 Å². The second-order valence-electron chi connectivity index (χ2n) is 1.71. The Hall–Kier alpha value is -1.59. The molecular formula is C4H6N4O2. The molecule has 0 spiro atoms. The van der Waals surface area contributed by atoms with Gasteiger partial charge in [-0.25, -0.2) is 10.3 Å². The van der Waals surface area contributed by atoms with Crippen LogP contribution in [0.5, 0.6) is 0 Å². The first kappa shape index (κ1) is 6.53. The van der Waals surface area contributed by atoms with E-state index in [1.807, 2.05) is 0 Å². The quantitative estimate of drug-likeness (QED) is 0.472. The largest absolute Gasteiger partial charge is 0.308 e. The predicted molar refractivity (Wildman–Crippen MR) is 33.5 cm³/mol. The fourth-order valence-electron chi connectivity index (χ4n) is 0.496. The van der Waals surface area contributed by atoms with Crippen molar-refractivity contribution in [3.63, 3.8) is 0 Å². The lowest BCUT2D eigenvalue weighted by atomic mass is 10.6. The van der Waals surface area contributed by atoms with Gasteiger partial charge in [0.25, 0.3) is 0 Å². The van der Waals surface area contributed by atoms with Gasteiger partial charge in [-0.3, -0.25) is 9.59 Å². The molecule has 0 saturated carbocycles. The number of rotatable bonds is 1. The first-order valence-electron chi connectivity index (χ1n) is 2.61. The van der Waals surface area contributed by atoms with Crippen LogP contribution in [-0.2, 0) is 4.79 Å². The normalized spacial score (nSPS) is 9.30. The summed E-state index contributed by atoms with van der Waals surface area (Å²) in [5.41, 5.74) is -0.435. The highest BCUT2D eigenvalue weighted by Gasteiger charge is 2.01. The molecule has 1 aromatic rings. The lowest BCUT2D eigenvalue weighted by molar-refractivity contribution is -0.114. The molecule has 10 heavy (non-hydrogen) atoms. The number of H-pyrrole nitrogens is 2. The number of nitrogens with zero attached hydrogens (tertiary/aromatic N) is 1. The Balaban J connectivity index is 2.85. The van der Waals surface area contributed by atoms with Crippen molar-refractivity contribution >= 4 is 11.7 Å². The van der Waals surface area contributed by atoms with Gasteiger partial charge in [0.2, 0.25) is 11.7 Å². The number of carbonyl (C=O) groups excluding carboxylic acids is 1. The van der Waals surface area contributed by atoms with Gasteiger partial charge in [0, 0.05) is 6.92 Å². The van der Waals surface area contributed by atoms with Gasteiger partial charge in [-0.15, -0.1) is 5.10 Å². The molecule has 0 atom stereocenters. The van der Waals surface area contributed by atoms with E-state index in [0.29, 0.717) is 0 Å². The van der Waals surface area contributed by atoms with Gasteiger partial charge in [-0.2, -0.15) is 0 Å². The van der Waals surface area contributed by atoms with Crippen molar-refractivity contribution in [2.45, 2.75) is 6.92 Å². The second-order valence-corrected chi connectivity index (χ2v) is 1.71. The molecule has 6 heteroatoms. The van der Waals surface area contributed by atoms with Gasteiger partial charge < -0.3 is 5.32 Å². The van der Waals surface area contributed by atoms with Gasteiger partial charge in [0.05, 0.1) is 0 Å². The first-order chi connectivity index (χ1) is 4.70. The van der Waals surface area contributed by atoms with E-state index in [-0.39, 0.29) is 11.7 Å². The Morgan fingerprint density at radius 2 is 2.40 bits per heavy atom. The molecular weight excluding hydrogens is 136 g/mol. The van der Waals surface area contributed by atoms with Crippen LogP contribution in [0.4, 0.5) is 5.82 Å². The van der Waals surface area contributed by atoms with Crippen molar-refractivity contribution in [3.8, 4) is 0 Å². The van der Waals surface area contributed by atoms with Gasteiger partial charge in [0.15, 0.2) is 0 Å². The standard InChI is InChI=1S/C4H6N4O2/c1-2(9)5-3-4(10)7-8-6-3/h1H3,(H3,5,6,7,8,9,10). The zero-order chi connectivity index (χ0) is 7.56. The van der Waals surface area contributed by atoms with Gasteiger partial charge in [0.1, 0.15) is 0 Å². The number of hydrogen-bond acceptors (Lipinski definition) is 3. The number of amides is 1. The number of aromatic amines is 2. The zero-order valence-corrected chi connectivity index (χ0v) is 5.26. The van der Waals surface area contributed by atoms with E-state index in [4.69, 9.17) is 0 Å². The molecule has 1 amide bonds. The molecule has 54 valence electrons. The second kappa shape index (κ2) is 2.34. The minimum atomic E-state index is -0.435. The topological polar surface area (TPSA) is 90.6 Å². The molecule has 0 aliphatic carbocycles. The lowest BCUT2D eigenvalue weighted by Crippen LogP contribution is -2.13. The summed E-state index contributed by atoms with van der Waals surface area (Å²) in [6.07, 6.45) is 0. The van der Waals surface area contributed by atoms with E-state index in [1.165, 1.54) is 6.92 Å². The van der Waals surface area contributed by atoms with Gasteiger partial charge in [-0.1, -0.05) is 0 Å². The Bertz CT molecular complexity index is 285. The smallest absolute Gasteiger partial charge is 0.305 e. The fourth-order valence-corrected chi connectivity index (χ4v) is 0.496. The summed E-state index contributed by atoms with van der Waals surface area (Å²) in [4.78, 5) is 20.9. The molecule has 1 aromatic heterocycles. The summed E-state index contributed by atoms with van der Waals surface area (Å²) in [6.45, 7) is 1.30. The van der Waals surface area contributed by atoms with Crippen LogP contribution in [0.25, 0.3) is 0 Å². The van der Waals surface area contributed by atoms with E-state index >= 15 is 0 Å². The van der Waals surface area contributed by atoms with E-state index in [0.717, 1.165) is 0 Å². The zero-order valence-electron chi connectivity index (χ0n) is 5.26. The Kier molecular flexibility index (Phi) is 1.53. The molecule has 0 bridgehead atoms. The van der Waals surface area contributed by atoms with Crippen molar-refractivity contribution in [2.24, 2.45) is 0 Å². The van der Waals surface area contributed by atoms with Crippen molar-refractivity contribution in [3.05, 3.63) is 10.4 Å². The number of carbonyl (C=O) groups is 1. The number of anilines is 1. The highest BCUT2D eigenvalue weighted by atomic mass is 16.2. The first-order valence-corrected chi connectivity index (χ1v) is 2.61. The van der Waals surface area contributed by atoms with E-state index in [2.05, 4.69) is 20.7 Å².